The molecule has 1 aromatic heterocycles. The first-order valence-electron chi connectivity index (χ1n) is 6.23. The maximum Gasteiger partial charge on any atom is 0.0843 e. The Morgan fingerprint density at radius 2 is 2.06 bits per heavy atom. The predicted molar refractivity (Wildman–Crippen MR) is 82.5 cm³/mol. The fourth-order valence-corrected chi connectivity index (χ4v) is 4.58. The summed E-state index contributed by atoms with van der Waals surface area (Å²) in [7, 11) is 0. The third-order valence-corrected chi connectivity index (χ3v) is 7.12. The molecule has 17 heavy (non-hydrogen) atoms. The molecule has 0 aromatic carbocycles. The van der Waals surface area contributed by atoms with E-state index in [0.29, 0.717) is 6.04 Å². The van der Waals surface area contributed by atoms with Crippen LogP contribution in [-0.4, -0.2) is 6.04 Å². The molecule has 96 valence electrons. The van der Waals surface area contributed by atoms with Gasteiger partial charge >= 0.3 is 0 Å². The minimum absolute atomic E-state index is 0.709. The van der Waals surface area contributed by atoms with Crippen LogP contribution < -0.4 is 5.32 Å². The lowest BCUT2D eigenvalue weighted by Crippen LogP contribution is -2.35. The van der Waals surface area contributed by atoms with E-state index < -0.39 is 0 Å². The highest BCUT2D eigenvalue weighted by atomic mass is 79.9. The van der Waals surface area contributed by atoms with Gasteiger partial charge in [-0.3, -0.25) is 0 Å². The first-order valence-corrected chi connectivity index (χ1v) is 8.63. The zero-order valence-corrected chi connectivity index (χ0v) is 14.3. The zero-order valence-electron chi connectivity index (χ0n) is 10.3. The molecule has 1 aliphatic rings. The lowest BCUT2D eigenvalue weighted by atomic mass is 9.79. The standard InChI is InChI=1S/C13H19Br2NS/c1-8-3-4-10(5-9(8)2)16-7-11-6-12(14)13(15)17-11/h6,8-10,16H,3-5,7H2,1-2H3. The van der Waals surface area contributed by atoms with Gasteiger partial charge in [-0.2, -0.15) is 0 Å². The third-order valence-electron chi connectivity index (χ3n) is 3.86. The molecule has 0 radical (unpaired) electrons. The fraction of sp³-hybridized carbons (Fsp3) is 0.692. The molecule has 1 aromatic rings. The van der Waals surface area contributed by atoms with Gasteiger partial charge in [0, 0.05) is 21.9 Å². The number of rotatable bonds is 3. The number of nitrogens with one attached hydrogen (secondary N) is 1. The van der Waals surface area contributed by atoms with Crippen LogP contribution in [0.4, 0.5) is 0 Å². The zero-order chi connectivity index (χ0) is 12.4. The van der Waals surface area contributed by atoms with E-state index in [0.717, 1.165) is 18.4 Å². The van der Waals surface area contributed by atoms with Gasteiger partial charge in [0.05, 0.1) is 3.79 Å². The van der Waals surface area contributed by atoms with Crippen molar-refractivity contribution < 1.29 is 0 Å². The van der Waals surface area contributed by atoms with Crippen molar-refractivity contribution in [2.75, 3.05) is 0 Å². The summed E-state index contributed by atoms with van der Waals surface area (Å²) in [5, 5.41) is 3.70. The van der Waals surface area contributed by atoms with Gasteiger partial charge in [0.25, 0.3) is 0 Å². The van der Waals surface area contributed by atoms with Gasteiger partial charge < -0.3 is 5.32 Å². The van der Waals surface area contributed by atoms with Crippen LogP contribution in [0.3, 0.4) is 0 Å². The van der Waals surface area contributed by atoms with E-state index in [-0.39, 0.29) is 0 Å². The maximum atomic E-state index is 3.70. The highest BCUT2D eigenvalue weighted by Crippen LogP contribution is 2.33. The number of halogens is 2. The van der Waals surface area contributed by atoms with Gasteiger partial charge in [0.15, 0.2) is 0 Å². The van der Waals surface area contributed by atoms with E-state index in [4.69, 9.17) is 0 Å². The second kappa shape index (κ2) is 6.18. The first-order chi connectivity index (χ1) is 8.06. The molecule has 1 heterocycles. The van der Waals surface area contributed by atoms with Crippen molar-refractivity contribution in [3.8, 4) is 0 Å². The summed E-state index contributed by atoms with van der Waals surface area (Å²) in [6, 6.07) is 2.91. The Labute approximate surface area is 125 Å². The van der Waals surface area contributed by atoms with Crippen LogP contribution in [0, 0.1) is 11.8 Å². The van der Waals surface area contributed by atoms with Gasteiger partial charge in [-0.15, -0.1) is 11.3 Å². The minimum atomic E-state index is 0.709. The summed E-state index contributed by atoms with van der Waals surface area (Å²) in [5.74, 6) is 1.76. The van der Waals surface area contributed by atoms with E-state index in [1.807, 2.05) is 11.3 Å². The van der Waals surface area contributed by atoms with Crippen molar-refractivity contribution in [3.63, 3.8) is 0 Å². The average molecular weight is 381 g/mol. The van der Waals surface area contributed by atoms with Crippen LogP contribution in [0.5, 0.6) is 0 Å². The molecular weight excluding hydrogens is 362 g/mol. The monoisotopic (exact) mass is 379 g/mol. The summed E-state index contributed by atoms with van der Waals surface area (Å²) in [5.41, 5.74) is 0. The van der Waals surface area contributed by atoms with Crippen LogP contribution >= 0.6 is 43.2 Å². The molecule has 1 saturated carbocycles. The maximum absolute atomic E-state index is 3.70. The second-order valence-electron chi connectivity index (χ2n) is 5.18. The Morgan fingerprint density at radius 1 is 1.29 bits per heavy atom. The quantitative estimate of drug-likeness (QED) is 0.760. The molecule has 1 aliphatic carbocycles. The highest BCUT2D eigenvalue weighted by Gasteiger charge is 2.24. The number of hydrogen-bond donors (Lipinski definition) is 1. The third kappa shape index (κ3) is 3.79. The molecule has 0 amide bonds. The molecule has 3 atom stereocenters. The van der Waals surface area contributed by atoms with Crippen molar-refractivity contribution in [2.45, 2.75) is 45.7 Å². The summed E-state index contributed by atoms with van der Waals surface area (Å²) >= 11 is 8.89. The van der Waals surface area contributed by atoms with E-state index in [1.165, 1.54) is 32.4 Å². The fourth-order valence-electron chi connectivity index (χ4n) is 2.46. The summed E-state index contributed by atoms with van der Waals surface area (Å²) in [4.78, 5) is 1.40. The molecule has 0 saturated heterocycles. The SMILES string of the molecule is CC1CCC(NCc2cc(Br)c(Br)s2)CC1C. The molecule has 4 heteroatoms. The molecule has 0 aliphatic heterocycles. The molecule has 2 rings (SSSR count). The molecule has 1 nitrogen and oxygen atoms in total. The van der Waals surface area contributed by atoms with Gasteiger partial charge in [0.2, 0.25) is 0 Å². The summed E-state index contributed by atoms with van der Waals surface area (Å²) in [6.07, 6.45) is 4.03. The van der Waals surface area contributed by atoms with Crippen LogP contribution in [-0.2, 0) is 6.54 Å². The van der Waals surface area contributed by atoms with Gasteiger partial charge in [-0.1, -0.05) is 13.8 Å². The van der Waals surface area contributed by atoms with Crippen molar-refractivity contribution in [1.29, 1.82) is 0 Å². The van der Waals surface area contributed by atoms with Crippen molar-refractivity contribution >= 4 is 43.2 Å². The van der Waals surface area contributed by atoms with Crippen molar-refractivity contribution in [2.24, 2.45) is 11.8 Å². The average Bonchev–Trinajstić information content (AvgIpc) is 2.60. The Bertz CT molecular complexity index is 358. The molecular formula is C13H19Br2NS. The van der Waals surface area contributed by atoms with E-state index in [2.05, 4.69) is 57.1 Å². The Hall–Kier alpha value is 0.620. The molecule has 3 unspecified atom stereocenters. The highest BCUT2D eigenvalue weighted by molar-refractivity contribution is 9.13. The minimum Gasteiger partial charge on any atom is -0.309 e. The van der Waals surface area contributed by atoms with E-state index in [9.17, 15) is 0 Å². The van der Waals surface area contributed by atoms with Gasteiger partial charge in [0.1, 0.15) is 0 Å². The van der Waals surface area contributed by atoms with Crippen molar-refractivity contribution in [1.82, 2.24) is 5.32 Å². The molecule has 1 N–H and O–H groups in total. The Kier molecular flexibility index (Phi) is 5.10. The number of hydrogen-bond acceptors (Lipinski definition) is 2. The van der Waals surface area contributed by atoms with Crippen LogP contribution in [0.2, 0.25) is 0 Å². The van der Waals surface area contributed by atoms with Crippen LogP contribution in [0.25, 0.3) is 0 Å². The summed E-state index contributed by atoms with van der Waals surface area (Å²) < 4.78 is 2.37. The van der Waals surface area contributed by atoms with E-state index in [1.54, 1.807) is 0 Å². The Morgan fingerprint density at radius 3 is 2.65 bits per heavy atom. The largest absolute Gasteiger partial charge is 0.309 e. The second-order valence-corrected chi connectivity index (χ2v) is 8.49. The lowest BCUT2D eigenvalue weighted by molar-refractivity contribution is 0.226. The smallest absolute Gasteiger partial charge is 0.0843 e. The number of thiophene rings is 1. The summed E-state index contributed by atoms with van der Waals surface area (Å²) in [6.45, 7) is 5.77. The van der Waals surface area contributed by atoms with E-state index >= 15 is 0 Å². The van der Waals surface area contributed by atoms with Gasteiger partial charge in [-0.05, 0) is 69.0 Å². The molecule has 0 spiro atoms. The van der Waals surface area contributed by atoms with Crippen molar-refractivity contribution in [3.05, 3.63) is 19.2 Å². The molecule has 0 bridgehead atoms. The first kappa shape index (κ1) is 14.0. The van der Waals surface area contributed by atoms with Crippen LogP contribution in [0.15, 0.2) is 14.3 Å². The normalized spacial score (nSPS) is 29.5. The Balaban J connectivity index is 1.82. The van der Waals surface area contributed by atoms with Gasteiger partial charge in [-0.25, -0.2) is 0 Å². The topological polar surface area (TPSA) is 12.0 Å². The van der Waals surface area contributed by atoms with Crippen LogP contribution in [0.1, 0.15) is 38.0 Å². The molecule has 1 fully saturated rings. The predicted octanol–water partition coefficient (Wildman–Crippen LogP) is 5.19. The lowest BCUT2D eigenvalue weighted by Gasteiger charge is -2.32.